The summed E-state index contributed by atoms with van der Waals surface area (Å²) in [5.41, 5.74) is 0.351. The average Bonchev–Trinajstić information content (AvgIpc) is 3.22. The number of ether oxygens (including phenoxy) is 2. The zero-order chi connectivity index (χ0) is 18.6. The SMILES string of the molecule is CC(C)OC(=O)[C@H]1[C@H]2C(=O)N([C@H](C)c3ccc(Br)cc3)C[C@]23C=C[C@H]1O3. The monoisotopic (exact) mass is 419 g/mol. The molecule has 0 saturated carbocycles. The van der Waals surface area contributed by atoms with Gasteiger partial charge in [0, 0.05) is 4.47 Å². The molecule has 0 unspecified atom stereocenters. The molecule has 2 bridgehead atoms. The van der Waals surface area contributed by atoms with Gasteiger partial charge < -0.3 is 14.4 Å². The number of hydrogen-bond donors (Lipinski definition) is 0. The van der Waals surface area contributed by atoms with E-state index in [-0.39, 0.29) is 30.1 Å². The van der Waals surface area contributed by atoms with Crippen molar-refractivity contribution in [3.05, 3.63) is 46.5 Å². The number of likely N-dealkylation sites (tertiary alicyclic amines) is 1. The second-order valence-corrected chi connectivity index (χ2v) is 8.49. The van der Waals surface area contributed by atoms with E-state index in [0.29, 0.717) is 6.54 Å². The molecule has 3 heterocycles. The molecule has 0 N–H and O–H groups in total. The first-order valence-electron chi connectivity index (χ1n) is 8.96. The Bertz CT molecular complexity index is 775. The Morgan fingerprint density at radius 3 is 2.65 bits per heavy atom. The minimum atomic E-state index is -0.702. The van der Waals surface area contributed by atoms with E-state index in [0.717, 1.165) is 10.0 Å². The molecule has 3 aliphatic heterocycles. The molecular weight excluding hydrogens is 398 g/mol. The molecule has 1 amide bonds. The van der Waals surface area contributed by atoms with Crippen molar-refractivity contribution in [2.45, 2.75) is 44.6 Å². The molecule has 5 nitrogen and oxygen atoms in total. The summed E-state index contributed by atoms with van der Waals surface area (Å²) in [6.07, 6.45) is 3.30. The van der Waals surface area contributed by atoms with Crippen LogP contribution in [0.5, 0.6) is 0 Å². The fourth-order valence-corrected chi connectivity index (χ4v) is 4.62. The smallest absolute Gasteiger partial charge is 0.313 e. The molecule has 138 valence electrons. The fraction of sp³-hybridized carbons (Fsp3) is 0.500. The Hall–Kier alpha value is -1.66. The molecule has 3 aliphatic rings. The van der Waals surface area contributed by atoms with E-state index >= 15 is 0 Å². The van der Waals surface area contributed by atoms with Crippen LogP contribution >= 0.6 is 15.9 Å². The topological polar surface area (TPSA) is 55.8 Å². The van der Waals surface area contributed by atoms with Gasteiger partial charge in [-0.1, -0.05) is 40.2 Å². The first kappa shape index (κ1) is 17.7. The third kappa shape index (κ3) is 2.62. The first-order valence-corrected chi connectivity index (χ1v) is 9.75. The highest BCUT2D eigenvalue weighted by Gasteiger charge is 2.67. The lowest BCUT2D eigenvalue weighted by Crippen LogP contribution is -2.40. The number of nitrogens with zero attached hydrogens (tertiary/aromatic N) is 1. The molecule has 26 heavy (non-hydrogen) atoms. The number of benzene rings is 1. The maximum absolute atomic E-state index is 13.2. The molecule has 5 atom stereocenters. The maximum Gasteiger partial charge on any atom is 0.313 e. The molecular formula is C20H22BrNO4. The molecule has 2 fully saturated rings. The van der Waals surface area contributed by atoms with Gasteiger partial charge in [0.2, 0.25) is 5.91 Å². The van der Waals surface area contributed by atoms with E-state index in [1.807, 2.05) is 62.1 Å². The van der Waals surface area contributed by atoms with Gasteiger partial charge in [0.05, 0.1) is 30.7 Å². The van der Waals surface area contributed by atoms with E-state index in [1.165, 1.54) is 0 Å². The Morgan fingerprint density at radius 1 is 1.31 bits per heavy atom. The number of halogens is 1. The number of fused-ring (bicyclic) bond motifs is 1. The number of esters is 1. The van der Waals surface area contributed by atoms with Gasteiger partial charge in [-0.3, -0.25) is 9.59 Å². The molecule has 6 heteroatoms. The predicted octanol–water partition coefficient (Wildman–Crippen LogP) is 3.24. The number of rotatable bonds is 4. The summed E-state index contributed by atoms with van der Waals surface area (Å²) < 4.78 is 12.5. The Balaban J connectivity index is 1.61. The van der Waals surface area contributed by atoms with Crippen LogP contribution < -0.4 is 0 Å². The van der Waals surface area contributed by atoms with Gasteiger partial charge in [0.25, 0.3) is 0 Å². The lowest BCUT2D eigenvalue weighted by Gasteiger charge is -2.27. The summed E-state index contributed by atoms with van der Waals surface area (Å²) in [7, 11) is 0. The fourth-order valence-electron chi connectivity index (χ4n) is 4.36. The summed E-state index contributed by atoms with van der Waals surface area (Å²) in [5.74, 6) is -1.43. The molecule has 0 aliphatic carbocycles. The van der Waals surface area contributed by atoms with Gasteiger partial charge in [-0.15, -0.1) is 0 Å². The molecule has 0 radical (unpaired) electrons. The number of carbonyl (C=O) groups is 2. The van der Waals surface area contributed by atoms with Crippen LogP contribution in [0, 0.1) is 11.8 Å². The van der Waals surface area contributed by atoms with Gasteiger partial charge in [0.1, 0.15) is 11.5 Å². The zero-order valence-corrected chi connectivity index (χ0v) is 16.6. The molecule has 1 aromatic carbocycles. The van der Waals surface area contributed by atoms with Crippen LogP contribution in [0.1, 0.15) is 32.4 Å². The van der Waals surface area contributed by atoms with Crippen LogP contribution in [0.4, 0.5) is 0 Å². The molecule has 2 saturated heterocycles. The standard InChI is InChI=1S/C20H22BrNO4/c1-11(2)25-19(24)16-15-8-9-20(26-15)10-22(18(23)17(16)20)12(3)13-4-6-14(21)7-5-13/h4-9,11-12,15-17H,10H2,1-3H3/t12-,15-,16-,17+,20-/m1/s1. The minimum absolute atomic E-state index is 0.0297. The van der Waals surface area contributed by atoms with Crippen LogP contribution in [-0.2, 0) is 19.1 Å². The average molecular weight is 420 g/mol. The zero-order valence-electron chi connectivity index (χ0n) is 15.0. The summed E-state index contributed by atoms with van der Waals surface area (Å²) in [4.78, 5) is 27.7. The third-order valence-corrected chi connectivity index (χ3v) is 6.10. The summed E-state index contributed by atoms with van der Waals surface area (Å²) in [6.45, 7) is 6.11. The maximum atomic E-state index is 13.2. The Morgan fingerprint density at radius 2 is 2.00 bits per heavy atom. The van der Waals surface area contributed by atoms with E-state index < -0.39 is 17.4 Å². The van der Waals surface area contributed by atoms with Crippen molar-refractivity contribution in [2.75, 3.05) is 6.54 Å². The van der Waals surface area contributed by atoms with Crippen molar-refractivity contribution in [3.8, 4) is 0 Å². The van der Waals surface area contributed by atoms with Crippen molar-refractivity contribution >= 4 is 27.8 Å². The molecule has 4 rings (SSSR count). The molecule has 1 aromatic rings. The molecule has 1 spiro atoms. The van der Waals surface area contributed by atoms with Gasteiger partial charge in [0.15, 0.2) is 0 Å². The van der Waals surface area contributed by atoms with Crippen LogP contribution in [0.25, 0.3) is 0 Å². The first-order chi connectivity index (χ1) is 12.3. The minimum Gasteiger partial charge on any atom is -0.463 e. The number of carbonyl (C=O) groups excluding carboxylic acids is 2. The molecule has 0 aromatic heterocycles. The highest BCUT2D eigenvalue weighted by molar-refractivity contribution is 9.10. The lowest BCUT2D eigenvalue weighted by molar-refractivity contribution is -0.157. The van der Waals surface area contributed by atoms with E-state index in [2.05, 4.69) is 15.9 Å². The van der Waals surface area contributed by atoms with Gasteiger partial charge in [-0.05, 0) is 38.5 Å². The van der Waals surface area contributed by atoms with Crippen LogP contribution in [-0.4, -0.2) is 41.1 Å². The van der Waals surface area contributed by atoms with Gasteiger partial charge in [-0.25, -0.2) is 0 Å². The second-order valence-electron chi connectivity index (χ2n) is 7.58. The Kier molecular flexibility index (Phi) is 4.23. The van der Waals surface area contributed by atoms with Crippen molar-refractivity contribution < 1.29 is 19.1 Å². The van der Waals surface area contributed by atoms with Gasteiger partial charge >= 0.3 is 5.97 Å². The summed E-state index contributed by atoms with van der Waals surface area (Å²) >= 11 is 3.44. The van der Waals surface area contributed by atoms with E-state index in [1.54, 1.807) is 0 Å². The van der Waals surface area contributed by atoms with Crippen LogP contribution in [0.2, 0.25) is 0 Å². The third-order valence-electron chi connectivity index (χ3n) is 5.57. The summed E-state index contributed by atoms with van der Waals surface area (Å²) in [5, 5.41) is 0. The predicted molar refractivity (Wildman–Crippen MR) is 99.2 cm³/mol. The quantitative estimate of drug-likeness (QED) is 0.555. The lowest BCUT2D eigenvalue weighted by atomic mass is 9.77. The normalized spacial score (nSPS) is 33.0. The highest BCUT2D eigenvalue weighted by atomic mass is 79.9. The Labute approximate surface area is 161 Å². The summed E-state index contributed by atoms with van der Waals surface area (Å²) in [6, 6.07) is 7.86. The van der Waals surface area contributed by atoms with Crippen molar-refractivity contribution in [1.82, 2.24) is 4.90 Å². The van der Waals surface area contributed by atoms with Crippen LogP contribution in [0.3, 0.4) is 0 Å². The second kappa shape index (κ2) is 6.20. The van der Waals surface area contributed by atoms with E-state index in [4.69, 9.17) is 9.47 Å². The van der Waals surface area contributed by atoms with Crippen molar-refractivity contribution in [1.29, 1.82) is 0 Å². The largest absolute Gasteiger partial charge is 0.463 e. The number of amides is 1. The highest BCUT2D eigenvalue weighted by Crippen LogP contribution is 2.53. The number of hydrogen-bond acceptors (Lipinski definition) is 4. The van der Waals surface area contributed by atoms with Crippen molar-refractivity contribution in [2.24, 2.45) is 11.8 Å². The van der Waals surface area contributed by atoms with E-state index in [9.17, 15) is 9.59 Å². The van der Waals surface area contributed by atoms with Gasteiger partial charge in [-0.2, -0.15) is 0 Å². The van der Waals surface area contributed by atoms with Crippen molar-refractivity contribution in [3.63, 3.8) is 0 Å². The van der Waals surface area contributed by atoms with Crippen LogP contribution in [0.15, 0.2) is 40.9 Å².